The Morgan fingerprint density at radius 3 is 2.59 bits per heavy atom. The van der Waals surface area contributed by atoms with Gasteiger partial charge in [0.05, 0.1) is 16.3 Å². The summed E-state index contributed by atoms with van der Waals surface area (Å²) in [6.07, 6.45) is 4.08. The Bertz CT molecular complexity index is 466. The number of anilines is 1. The van der Waals surface area contributed by atoms with Crippen molar-refractivity contribution in [2.45, 2.75) is 19.3 Å². The van der Waals surface area contributed by atoms with Crippen LogP contribution >= 0.6 is 11.6 Å². The minimum atomic E-state index is 0.571. The van der Waals surface area contributed by atoms with Crippen molar-refractivity contribution in [2.75, 3.05) is 18.0 Å². The van der Waals surface area contributed by atoms with E-state index in [1.165, 1.54) is 19.3 Å². The van der Waals surface area contributed by atoms with Gasteiger partial charge in [0, 0.05) is 13.1 Å². The van der Waals surface area contributed by atoms with Crippen LogP contribution in [0, 0.1) is 23.2 Å². The van der Waals surface area contributed by atoms with E-state index in [9.17, 15) is 5.26 Å². The predicted molar refractivity (Wildman–Crippen MR) is 69.2 cm³/mol. The summed E-state index contributed by atoms with van der Waals surface area (Å²) in [5, 5.41) is 9.77. The lowest BCUT2D eigenvalue weighted by Gasteiger charge is -2.21. The molecule has 1 aliphatic carbocycles. The largest absolute Gasteiger partial charge is 0.370 e. The van der Waals surface area contributed by atoms with Gasteiger partial charge in [0.25, 0.3) is 0 Å². The van der Waals surface area contributed by atoms with E-state index in [-0.39, 0.29) is 0 Å². The van der Waals surface area contributed by atoms with Gasteiger partial charge in [0.2, 0.25) is 0 Å². The van der Waals surface area contributed by atoms with Crippen LogP contribution in [0.4, 0.5) is 5.69 Å². The van der Waals surface area contributed by atoms with E-state index in [4.69, 9.17) is 11.6 Å². The third-order valence-corrected chi connectivity index (χ3v) is 4.49. The molecule has 2 fully saturated rings. The minimum Gasteiger partial charge on any atom is -0.370 e. The highest BCUT2D eigenvalue weighted by atomic mass is 35.5. The average molecular weight is 247 g/mol. The van der Waals surface area contributed by atoms with Crippen LogP contribution in [0.5, 0.6) is 0 Å². The molecule has 3 rings (SSSR count). The Morgan fingerprint density at radius 2 is 1.94 bits per heavy atom. The lowest BCUT2D eigenvalue weighted by Crippen LogP contribution is -2.21. The van der Waals surface area contributed by atoms with Crippen molar-refractivity contribution < 1.29 is 0 Å². The molecule has 2 atom stereocenters. The van der Waals surface area contributed by atoms with Crippen molar-refractivity contribution in [1.29, 1.82) is 5.26 Å². The molecule has 0 aromatic heterocycles. The first kappa shape index (κ1) is 10.9. The zero-order chi connectivity index (χ0) is 11.8. The zero-order valence-electron chi connectivity index (χ0n) is 9.69. The Morgan fingerprint density at radius 1 is 1.24 bits per heavy atom. The fourth-order valence-corrected chi connectivity index (χ4v) is 3.53. The smallest absolute Gasteiger partial charge is 0.103 e. The van der Waals surface area contributed by atoms with E-state index in [0.29, 0.717) is 10.6 Å². The monoisotopic (exact) mass is 246 g/mol. The van der Waals surface area contributed by atoms with Crippen LogP contribution in [0.2, 0.25) is 5.02 Å². The van der Waals surface area contributed by atoms with Gasteiger partial charge in [-0.3, -0.25) is 0 Å². The third kappa shape index (κ3) is 1.79. The number of nitrogens with zero attached hydrogens (tertiary/aromatic N) is 2. The summed E-state index contributed by atoms with van der Waals surface area (Å²) in [6.45, 7) is 2.19. The molecule has 1 heterocycles. The molecule has 2 aliphatic rings. The van der Waals surface area contributed by atoms with Crippen LogP contribution in [0.1, 0.15) is 24.8 Å². The number of nitriles is 1. The van der Waals surface area contributed by atoms with Crippen LogP contribution < -0.4 is 4.90 Å². The van der Waals surface area contributed by atoms with Gasteiger partial charge in [0.1, 0.15) is 6.07 Å². The molecule has 17 heavy (non-hydrogen) atoms. The van der Waals surface area contributed by atoms with Crippen LogP contribution in [0.3, 0.4) is 0 Å². The number of benzene rings is 1. The van der Waals surface area contributed by atoms with Gasteiger partial charge in [-0.25, -0.2) is 0 Å². The van der Waals surface area contributed by atoms with Gasteiger partial charge >= 0.3 is 0 Å². The summed E-state index contributed by atoms with van der Waals surface area (Å²) in [4.78, 5) is 2.35. The quantitative estimate of drug-likeness (QED) is 0.759. The number of fused-ring (bicyclic) bond motifs is 1. The number of hydrogen-bond acceptors (Lipinski definition) is 2. The number of halogens is 1. The second-order valence-electron chi connectivity index (χ2n) is 5.10. The van der Waals surface area contributed by atoms with Crippen LogP contribution in [0.15, 0.2) is 18.2 Å². The molecule has 1 aliphatic heterocycles. The first-order valence-corrected chi connectivity index (χ1v) is 6.61. The Labute approximate surface area is 107 Å². The van der Waals surface area contributed by atoms with Crippen molar-refractivity contribution in [1.82, 2.24) is 0 Å². The van der Waals surface area contributed by atoms with Gasteiger partial charge in [-0.1, -0.05) is 24.1 Å². The van der Waals surface area contributed by atoms with Gasteiger partial charge in [-0.2, -0.15) is 5.26 Å². The summed E-state index contributed by atoms with van der Waals surface area (Å²) in [7, 11) is 0. The minimum absolute atomic E-state index is 0.571. The van der Waals surface area contributed by atoms with Crippen LogP contribution in [-0.2, 0) is 0 Å². The summed E-state index contributed by atoms with van der Waals surface area (Å²) >= 11 is 6.08. The zero-order valence-corrected chi connectivity index (χ0v) is 10.5. The van der Waals surface area contributed by atoms with Gasteiger partial charge in [-0.15, -0.1) is 0 Å². The molecule has 1 saturated heterocycles. The third-order valence-electron chi connectivity index (χ3n) is 4.17. The highest BCUT2D eigenvalue weighted by Gasteiger charge is 2.36. The van der Waals surface area contributed by atoms with Gasteiger partial charge < -0.3 is 4.90 Å². The summed E-state index contributed by atoms with van der Waals surface area (Å²) < 4.78 is 0. The normalized spacial score (nSPS) is 26.9. The summed E-state index contributed by atoms with van der Waals surface area (Å²) in [6, 6.07) is 7.98. The second kappa shape index (κ2) is 4.23. The molecule has 88 valence electrons. The van der Waals surface area contributed by atoms with Crippen molar-refractivity contribution in [3.63, 3.8) is 0 Å². The molecule has 2 nitrogen and oxygen atoms in total. The molecule has 0 spiro atoms. The molecule has 0 bridgehead atoms. The first-order chi connectivity index (χ1) is 8.29. The van der Waals surface area contributed by atoms with Crippen LogP contribution in [-0.4, -0.2) is 13.1 Å². The molecule has 0 radical (unpaired) electrons. The fraction of sp³-hybridized carbons (Fsp3) is 0.500. The highest BCUT2D eigenvalue weighted by molar-refractivity contribution is 6.32. The second-order valence-corrected chi connectivity index (χ2v) is 5.51. The molecule has 2 unspecified atom stereocenters. The Hall–Kier alpha value is -1.20. The molecular formula is C14H15ClN2. The van der Waals surface area contributed by atoms with Crippen molar-refractivity contribution in [2.24, 2.45) is 11.8 Å². The van der Waals surface area contributed by atoms with Crippen LogP contribution in [0.25, 0.3) is 0 Å². The number of rotatable bonds is 1. The van der Waals surface area contributed by atoms with E-state index in [1.807, 2.05) is 12.1 Å². The van der Waals surface area contributed by atoms with Gasteiger partial charge in [0.15, 0.2) is 0 Å². The summed E-state index contributed by atoms with van der Waals surface area (Å²) in [5.74, 6) is 1.67. The van der Waals surface area contributed by atoms with E-state index in [0.717, 1.165) is 30.6 Å². The molecule has 0 amide bonds. The maximum Gasteiger partial charge on any atom is 0.103 e. The standard InChI is InChI=1S/C14H15ClN2/c15-13-5-2-6-14(12(13)7-16)17-8-10-3-1-4-11(10)9-17/h2,5-6,10-11H,1,3-4,8-9H2. The molecule has 3 heteroatoms. The Kier molecular flexibility index (Phi) is 2.72. The first-order valence-electron chi connectivity index (χ1n) is 6.23. The SMILES string of the molecule is N#Cc1c(Cl)cccc1N1CC2CCCC2C1. The fourth-order valence-electron chi connectivity index (χ4n) is 3.32. The van der Waals surface area contributed by atoms with E-state index >= 15 is 0 Å². The number of hydrogen-bond donors (Lipinski definition) is 0. The van der Waals surface area contributed by atoms with Gasteiger partial charge in [-0.05, 0) is 36.8 Å². The maximum atomic E-state index is 9.20. The van der Waals surface area contributed by atoms with Crippen molar-refractivity contribution in [3.8, 4) is 6.07 Å². The molecule has 1 aromatic rings. The molecular weight excluding hydrogens is 232 g/mol. The Balaban J connectivity index is 1.91. The van der Waals surface area contributed by atoms with E-state index in [1.54, 1.807) is 6.07 Å². The average Bonchev–Trinajstić information content (AvgIpc) is 2.88. The predicted octanol–water partition coefficient (Wildman–Crippen LogP) is 3.45. The lowest BCUT2D eigenvalue weighted by atomic mass is 10.0. The van der Waals surface area contributed by atoms with E-state index in [2.05, 4.69) is 11.0 Å². The highest BCUT2D eigenvalue weighted by Crippen LogP contribution is 2.40. The lowest BCUT2D eigenvalue weighted by molar-refractivity contribution is 0.494. The molecule has 0 N–H and O–H groups in total. The molecule has 1 saturated carbocycles. The van der Waals surface area contributed by atoms with Crippen molar-refractivity contribution in [3.05, 3.63) is 28.8 Å². The maximum absolute atomic E-state index is 9.20. The molecule has 1 aromatic carbocycles. The topological polar surface area (TPSA) is 27.0 Å². The van der Waals surface area contributed by atoms with Crippen molar-refractivity contribution >= 4 is 17.3 Å². The van der Waals surface area contributed by atoms with E-state index < -0.39 is 0 Å². The summed E-state index contributed by atoms with van der Waals surface area (Å²) in [5.41, 5.74) is 1.66.